The summed E-state index contributed by atoms with van der Waals surface area (Å²) in [6, 6.07) is 5.34. The molecule has 0 radical (unpaired) electrons. The van der Waals surface area contributed by atoms with Gasteiger partial charge in [0.2, 0.25) is 5.91 Å². The highest BCUT2D eigenvalue weighted by Crippen LogP contribution is 2.60. The van der Waals surface area contributed by atoms with Crippen LogP contribution in [0.4, 0.5) is 5.69 Å². The number of nitrogens with zero attached hydrogens (tertiary/aromatic N) is 2. The van der Waals surface area contributed by atoms with Crippen molar-refractivity contribution in [2.45, 2.75) is 62.0 Å². The van der Waals surface area contributed by atoms with E-state index in [1.807, 2.05) is 44.2 Å². The molecule has 2 amide bonds. The summed E-state index contributed by atoms with van der Waals surface area (Å²) in [6.07, 6.45) is 12.0. The maximum atomic E-state index is 14.4. The van der Waals surface area contributed by atoms with E-state index in [-0.39, 0.29) is 29.6 Å². The van der Waals surface area contributed by atoms with Crippen molar-refractivity contribution in [1.29, 1.82) is 0 Å². The van der Waals surface area contributed by atoms with Crippen LogP contribution < -0.4 is 4.90 Å². The van der Waals surface area contributed by atoms with Crippen LogP contribution in [0.1, 0.15) is 43.2 Å². The average molecular weight is 525 g/mol. The Bertz CT molecular complexity index is 1130. The van der Waals surface area contributed by atoms with Crippen LogP contribution in [0.15, 0.2) is 42.5 Å². The predicted molar refractivity (Wildman–Crippen MR) is 144 cm³/mol. The molecule has 7 nitrogen and oxygen atoms in total. The summed E-state index contributed by atoms with van der Waals surface area (Å²) in [5.41, 5.74) is 2.90. The predicted octanol–water partition coefficient (Wildman–Crippen LogP) is 3.56. The van der Waals surface area contributed by atoms with Crippen molar-refractivity contribution in [2.75, 3.05) is 31.2 Å². The fraction of sp³-hybridized carbons (Fsp3) is 0.552. The van der Waals surface area contributed by atoms with Gasteiger partial charge in [-0.1, -0.05) is 36.4 Å². The smallest absolute Gasteiger partial charge is 0.311 e. The number of ether oxygens (including phenoxy) is 1. The van der Waals surface area contributed by atoms with Crippen molar-refractivity contribution in [2.24, 2.45) is 11.8 Å². The minimum absolute atomic E-state index is 0.0281. The number of hydrogen-bond acceptors (Lipinski definition) is 6. The van der Waals surface area contributed by atoms with Crippen LogP contribution in [0.5, 0.6) is 0 Å². The Hall–Kier alpha value is -2.58. The number of aryl methyl sites for hydroxylation is 2. The molecule has 37 heavy (non-hydrogen) atoms. The largest absolute Gasteiger partial charge is 0.465 e. The lowest BCUT2D eigenvalue weighted by Crippen LogP contribution is -2.53. The molecular formula is C29H36N2O5S. The van der Waals surface area contributed by atoms with E-state index in [0.29, 0.717) is 32.5 Å². The third kappa shape index (κ3) is 4.52. The SMILES string of the molecule is Cc1ccc(C)c(N2CC=C[C@]34S[C@H]5/C=C\CCCCOC(=O)[C@H]5[C@H]3C(=O)N(CCCCO)C4C2=O)c1. The molecule has 5 atom stereocenters. The van der Waals surface area contributed by atoms with Gasteiger partial charge in [-0.2, -0.15) is 0 Å². The number of rotatable bonds is 5. The van der Waals surface area contributed by atoms with Gasteiger partial charge in [-0.05, 0) is 63.1 Å². The van der Waals surface area contributed by atoms with Crippen LogP contribution in [0.2, 0.25) is 0 Å². The molecule has 2 fully saturated rings. The molecule has 0 aliphatic carbocycles. The Morgan fingerprint density at radius 2 is 1.95 bits per heavy atom. The van der Waals surface area contributed by atoms with Gasteiger partial charge in [-0.15, -0.1) is 11.8 Å². The summed E-state index contributed by atoms with van der Waals surface area (Å²) in [5.74, 6) is -1.93. The monoisotopic (exact) mass is 524 g/mol. The molecular weight excluding hydrogens is 488 g/mol. The van der Waals surface area contributed by atoms with Gasteiger partial charge < -0.3 is 19.6 Å². The van der Waals surface area contributed by atoms with Gasteiger partial charge in [0, 0.05) is 30.6 Å². The fourth-order valence-electron chi connectivity index (χ4n) is 6.28. The van der Waals surface area contributed by atoms with E-state index < -0.39 is 22.6 Å². The molecule has 1 unspecified atom stereocenters. The molecule has 1 aromatic carbocycles. The number of carbonyl (C=O) groups is 3. The minimum atomic E-state index is -0.855. The molecule has 1 spiro atoms. The maximum Gasteiger partial charge on any atom is 0.311 e. The number of aliphatic hydroxyl groups is 1. The third-order valence-electron chi connectivity index (χ3n) is 8.06. The highest BCUT2D eigenvalue weighted by molar-refractivity contribution is 8.02. The van der Waals surface area contributed by atoms with Gasteiger partial charge in [0.25, 0.3) is 5.91 Å². The highest BCUT2D eigenvalue weighted by Gasteiger charge is 2.70. The third-order valence-corrected chi connectivity index (χ3v) is 9.81. The van der Waals surface area contributed by atoms with E-state index in [1.54, 1.807) is 21.6 Å². The van der Waals surface area contributed by atoms with Crippen molar-refractivity contribution >= 4 is 35.2 Å². The zero-order valence-electron chi connectivity index (χ0n) is 21.6. The molecule has 4 aliphatic heterocycles. The summed E-state index contributed by atoms with van der Waals surface area (Å²) in [6.45, 7) is 5.15. The Kier molecular flexibility index (Phi) is 7.50. The lowest BCUT2D eigenvalue weighted by molar-refractivity contribution is -0.153. The Balaban J connectivity index is 1.60. The summed E-state index contributed by atoms with van der Waals surface area (Å²) < 4.78 is 4.81. The first-order chi connectivity index (χ1) is 17.9. The van der Waals surface area contributed by atoms with E-state index >= 15 is 0 Å². The number of hydrogen-bond donors (Lipinski definition) is 1. The number of unbranched alkanes of at least 4 members (excludes halogenated alkanes) is 1. The number of allylic oxidation sites excluding steroid dienone is 1. The van der Waals surface area contributed by atoms with Crippen molar-refractivity contribution in [3.63, 3.8) is 0 Å². The standard InChI is InChI=1S/C29H36N2O5S/c1-19-11-12-20(2)21(18-19)30-15-9-13-29-24(26(33)31(14-6-7-16-32)25(29)27(30)34)23-22(37-29)10-5-3-4-8-17-36-28(23)35/h5,9-13,18,22-25,32H,3-4,6-8,14-17H2,1-2H3/b10-5-/t22-,23+,24-,25?,29-/m0/s1. The molecule has 0 aromatic heterocycles. The number of fused-ring (bicyclic) bond motifs is 2. The van der Waals surface area contributed by atoms with E-state index in [9.17, 15) is 19.5 Å². The second-order valence-electron chi connectivity index (χ2n) is 10.5. The molecule has 5 rings (SSSR count). The van der Waals surface area contributed by atoms with Gasteiger partial charge >= 0.3 is 5.97 Å². The van der Waals surface area contributed by atoms with Crippen LogP contribution >= 0.6 is 11.8 Å². The molecule has 198 valence electrons. The number of likely N-dealkylation sites (tertiary alicyclic amines) is 1. The van der Waals surface area contributed by atoms with Crippen LogP contribution in [0.3, 0.4) is 0 Å². The lowest BCUT2D eigenvalue weighted by Gasteiger charge is -2.35. The molecule has 4 aliphatic rings. The number of anilines is 1. The zero-order chi connectivity index (χ0) is 26.2. The molecule has 2 saturated heterocycles. The number of amides is 2. The maximum absolute atomic E-state index is 14.4. The number of esters is 1. The number of aliphatic hydroxyl groups excluding tert-OH is 1. The first kappa shape index (κ1) is 26.0. The van der Waals surface area contributed by atoms with Crippen LogP contribution in [-0.2, 0) is 19.1 Å². The Labute approximate surface area is 222 Å². The molecule has 8 heteroatoms. The van der Waals surface area contributed by atoms with Crippen LogP contribution in [0.25, 0.3) is 0 Å². The van der Waals surface area contributed by atoms with Crippen molar-refractivity contribution in [3.05, 3.63) is 53.6 Å². The quantitative estimate of drug-likeness (QED) is 0.360. The summed E-state index contributed by atoms with van der Waals surface area (Å²) >= 11 is 1.57. The molecule has 0 bridgehead atoms. The van der Waals surface area contributed by atoms with Crippen LogP contribution in [0, 0.1) is 25.7 Å². The minimum Gasteiger partial charge on any atom is -0.465 e. The number of benzene rings is 1. The van der Waals surface area contributed by atoms with E-state index in [0.717, 1.165) is 36.1 Å². The van der Waals surface area contributed by atoms with Gasteiger partial charge in [0.1, 0.15) is 6.04 Å². The second kappa shape index (κ2) is 10.7. The van der Waals surface area contributed by atoms with Crippen molar-refractivity contribution in [3.8, 4) is 0 Å². The summed E-state index contributed by atoms with van der Waals surface area (Å²) in [7, 11) is 0. The molecule has 1 aromatic rings. The van der Waals surface area contributed by atoms with Crippen molar-refractivity contribution in [1.82, 2.24) is 4.90 Å². The molecule has 4 heterocycles. The van der Waals surface area contributed by atoms with Crippen LogP contribution in [-0.4, -0.2) is 70.1 Å². The second-order valence-corrected chi connectivity index (χ2v) is 12.0. The van der Waals surface area contributed by atoms with E-state index in [4.69, 9.17) is 4.74 Å². The highest BCUT2D eigenvalue weighted by atomic mass is 32.2. The topological polar surface area (TPSA) is 87.2 Å². The fourth-order valence-corrected chi connectivity index (χ4v) is 8.28. The number of cyclic esters (lactones) is 1. The van der Waals surface area contributed by atoms with E-state index in [2.05, 4.69) is 12.2 Å². The first-order valence-electron chi connectivity index (χ1n) is 13.4. The van der Waals surface area contributed by atoms with Gasteiger partial charge in [-0.3, -0.25) is 14.4 Å². The van der Waals surface area contributed by atoms with Gasteiger partial charge in [-0.25, -0.2) is 0 Å². The zero-order valence-corrected chi connectivity index (χ0v) is 22.4. The lowest BCUT2D eigenvalue weighted by atomic mass is 9.78. The first-order valence-corrected chi connectivity index (χ1v) is 14.3. The Morgan fingerprint density at radius 3 is 2.76 bits per heavy atom. The summed E-state index contributed by atoms with van der Waals surface area (Å²) in [4.78, 5) is 45.4. The van der Waals surface area contributed by atoms with Crippen molar-refractivity contribution < 1.29 is 24.2 Å². The average Bonchev–Trinajstić information content (AvgIpc) is 3.26. The number of carbonyl (C=O) groups excluding carboxylic acids is 3. The van der Waals surface area contributed by atoms with Gasteiger partial charge in [0.15, 0.2) is 0 Å². The number of thioether (sulfide) groups is 1. The van der Waals surface area contributed by atoms with E-state index in [1.165, 1.54) is 0 Å². The molecule has 0 saturated carbocycles. The normalized spacial score (nSPS) is 32.5. The Morgan fingerprint density at radius 1 is 1.11 bits per heavy atom. The molecule has 1 N–H and O–H groups in total. The van der Waals surface area contributed by atoms with Gasteiger partial charge in [0.05, 0.1) is 23.2 Å². The summed E-state index contributed by atoms with van der Waals surface area (Å²) in [5, 5.41) is 9.15.